The molecular formula is C14H20N4. The molecule has 96 valence electrons. The van der Waals surface area contributed by atoms with Gasteiger partial charge in [0.2, 0.25) is 0 Å². The van der Waals surface area contributed by atoms with Crippen LogP contribution in [0.1, 0.15) is 31.1 Å². The molecule has 0 spiro atoms. The predicted octanol–water partition coefficient (Wildman–Crippen LogP) is 2.19. The zero-order valence-electron chi connectivity index (χ0n) is 11.0. The summed E-state index contributed by atoms with van der Waals surface area (Å²) in [5.74, 6) is 0. The molecule has 0 aliphatic rings. The van der Waals surface area contributed by atoms with Crippen LogP contribution in [0, 0.1) is 0 Å². The van der Waals surface area contributed by atoms with Crippen molar-refractivity contribution in [1.29, 1.82) is 0 Å². The summed E-state index contributed by atoms with van der Waals surface area (Å²) in [7, 11) is 0. The number of hydrogen-bond donors (Lipinski definition) is 1. The van der Waals surface area contributed by atoms with Crippen LogP contribution < -0.4 is 5.32 Å². The zero-order chi connectivity index (χ0) is 12.8. The van der Waals surface area contributed by atoms with Crippen LogP contribution in [0.4, 0.5) is 0 Å². The van der Waals surface area contributed by atoms with Crippen LogP contribution >= 0.6 is 0 Å². The Morgan fingerprint density at radius 1 is 1.39 bits per heavy atom. The lowest BCUT2D eigenvalue weighted by molar-refractivity contribution is 0.572. The van der Waals surface area contributed by atoms with Crippen LogP contribution in [0.2, 0.25) is 0 Å². The van der Waals surface area contributed by atoms with Gasteiger partial charge < -0.3 is 5.32 Å². The van der Waals surface area contributed by atoms with E-state index in [0.717, 1.165) is 25.2 Å². The van der Waals surface area contributed by atoms with Gasteiger partial charge in [0, 0.05) is 49.2 Å². The molecule has 0 aliphatic carbocycles. The van der Waals surface area contributed by atoms with Crippen molar-refractivity contribution in [3.63, 3.8) is 0 Å². The second-order valence-electron chi connectivity index (χ2n) is 4.38. The molecule has 1 N–H and O–H groups in total. The summed E-state index contributed by atoms with van der Waals surface area (Å²) in [5, 5.41) is 7.78. The summed E-state index contributed by atoms with van der Waals surface area (Å²) in [6.45, 7) is 6.10. The summed E-state index contributed by atoms with van der Waals surface area (Å²) in [6.07, 6.45) is 6.82. The molecule has 1 unspecified atom stereocenters. The highest BCUT2D eigenvalue weighted by Crippen LogP contribution is 2.10. The van der Waals surface area contributed by atoms with E-state index in [9.17, 15) is 0 Å². The minimum Gasteiger partial charge on any atom is -0.310 e. The van der Waals surface area contributed by atoms with Crippen LogP contribution in [-0.2, 0) is 13.0 Å². The Bertz CT molecular complexity index is 464. The molecule has 2 aromatic rings. The van der Waals surface area contributed by atoms with Crippen molar-refractivity contribution in [3.05, 3.63) is 48.0 Å². The third kappa shape index (κ3) is 3.40. The fraction of sp³-hybridized carbons (Fsp3) is 0.429. The molecular weight excluding hydrogens is 224 g/mol. The lowest BCUT2D eigenvalue weighted by Gasteiger charge is -2.11. The fourth-order valence-corrected chi connectivity index (χ4v) is 1.86. The Morgan fingerprint density at radius 2 is 2.28 bits per heavy atom. The monoisotopic (exact) mass is 244 g/mol. The Balaban J connectivity index is 1.79. The third-order valence-corrected chi connectivity index (χ3v) is 3.04. The summed E-state index contributed by atoms with van der Waals surface area (Å²) in [4.78, 5) is 4.31. The third-order valence-electron chi connectivity index (χ3n) is 3.04. The first kappa shape index (κ1) is 12.8. The van der Waals surface area contributed by atoms with E-state index in [1.54, 1.807) is 0 Å². The van der Waals surface area contributed by atoms with E-state index in [0.29, 0.717) is 6.04 Å². The highest BCUT2D eigenvalue weighted by Gasteiger charge is 2.06. The Hall–Kier alpha value is -1.68. The van der Waals surface area contributed by atoms with Gasteiger partial charge in [0.15, 0.2) is 0 Å². The predicted molar refractivity (Wildman–Crippen MR) is 72.3 cm³/mol. The van der Waals surface area contributed by atoms with Crippen molar-refractivity contribution in [2.45, 2.75) is 32.9 Å². The van der Waals surface area contributed by atoms with E-state index in [1.807, 2.05) is 29.2 Å². The molecule has 0 saturated carbocycles. The molecule has 2 aromatic heterocycles. The normalized spacial score (nSPS) is 12.6. The van der Waals surface area contributed by atoms with Crippen molar-refractivity contribution >= 4 is 0 Å². The van der Waals surface area contributed by atoms with Gasteiger partial charge in [0.05, 0.1) is 6.20 Å². The number of nitrogens with zero attached hydrogens (tertiary/aromatic N) is 3. The summed E-state index contributed by atoms with van der Waals surface area (Å²) in [5.41, 5.74) is 2.36. The van der Waals surface area contributed by atoms with Crippen molar-refractivity contribution in [2.75, 3.05) is 6.54 Å². The highest BCUT2D eigenvalue weighted by molar-refractivity contribution is 5.09. The zero-order valence-corrected chi connectivity index (χ0v) is 11.0. The van der Waals surface area contributed by atoms with E-state index < -0.39 is 0 Å². The number of rotatable bonds is 6. The number of hydrogen-bond acceptors (Lipinski definition) is 3. The topological polar surface area (TPSA) is 42.7 Å². The molecule has 0 saturated heterocycles. The van der Waals surface area contributed by atoms with Gasteiger partial charge in [-0.05, 0) is 26.0 Å². The van der Waals surface area contributed by atoms with E-state index >= 15 is 0 Å². The highest BCUT2D eigenvalue weighted by atomic mass is 15.3. The first-order chi connectivity index (χ1) is 8.79. The van der Waals surface area contributed by atoms with Crippen LogP contribution in [0.25, 0.3) is 0 Å². The van der Waals surface area contributed by atoms with Crippen LogP contribution in [0.15, 0.2) is 36.8 Å². The molecule has 0 bridgehead atoms. The van der Waals surface area contributed by atoms with E-state index in [4.69, 9.17) is 0 Å². The quantitative estimate of drug-likeness (QED) is 0.847. The number of pyridine rings is 1. The maximum atomic E-state index is 4.31. The average Bonchev–Trinajstić information content (AvgIpc) is 2.89. The van der Waals surface area contributed by atoms with Crippen molar-refractivity contribution in [2.24, 2.45) is 0 Å². The maximum absolute atomic E-state index is 4.31. The maximum Gasteiger partial charge on any atom is 0.0537 e. The molecule has 1 atom stereocenters. The van der Waals surface area contributed by atoms with Crippen molar-refractivity contribution in [1.82, 2.24) is 20.1 Å². The Labute approximate surface area is 108 Å². The number of aromatic nitrogens is 3. The molecule has 18 heavy (non-hydrogen) atoms. The second kappa shape index (κ2) is 6.31. The van der Waals surface area contributed by atoms with Gasteiger partial charge in [-0.2, -0.15) is 5.10 Å². The van der Waals surface area contributed by atoms with Crippen LogP contribution in [-0.4, -0.2) is 21.3 Å². The minimum absolute atomic E-state index is 0.328. The van der Waals surface area contributed by atoms with Gasteiger partial charge in [0.1, 0.15) is 0 Å². The SMILES string of the molecule is CCn1cc(C(C)NCCc2ccccn2)cn1. The molecule has 4 nitrogen and oxygen atoms in total. The summed E-state index contributed by atoms with van der Waals surface area (Å²) >= 11 is 0. The van der Waals surface area contributed by atoms with E-state index in [1.165, 1.54) is 5.56 Å². The van der Waals surface area contributed by atoms with Crippen molar-refractivity contribution in [3.8, 4) is 0 Å². The van der Waals surface area contributed by atoms with Gasteiger partial charge in [-0.3, -0.25) is 9.67 Å². The minimum atomic E-state index is 0.328. The smallest absolute Gasteiger partial charge is 0.0537 e. The molecule has 0 aliphatic heterocycles. The first-order valence-electron chi connectivity index (χ1n) is 6.45. The van der Waals surface area contributed by atoms with E-state index in [-0.39, 0.29) is 0 Å². The van der Waals surface area contributed by atoms with Crippen molar-refractivity contribution < 1.29 is 0 Å². The van der Waals surface area contributed by atoms with Gasteiger partial charge in [0.25, 0.3) is 0 Å². The summed E-state index contributed by atoms with van der Waals surface area (Å²) < 4.78 is 1.95. The molecule has 0 aromatic carbocycles. The Morgan fingerprint density at radius 3 is 2.94 bits per heavy atom. The van der Waals surface area contributed by atoms with Crippen LogP contribution in [0.5, 0.6) is 0 Å². The molecule has 0 amide bonds. The summed E-state index contributed by atoms with van der Waals surface area (Å²) in [6, 6.07) is 6.35. The number of nitrogens with one attached hydrogen (secondary N) is 1. The van der Waals surface area contributed by atoms with Gasteiger partial charge >= 0.3 is 0 Å². The molecule has 0 radical (unpaired) electrons. The first-order valence-corrected chi connectivity index (χ1v) is 6.45. The van der Waals surface area contributed by atoms with Gasteiger partial charge in [-0.25, -0.2) is 0 Å². The fourth-order valence-electron chi connectivity index (χ4n) is 1.86. The lowest BCUT2D eigenvalue weighted by Crippen LogP contribution is -2.21. The number of aryl methyl sites for hydroxylation is 1. The molecule has 2 heterocycles. The molecule has 2 rings (SSSR count). The average molecular weight is 244 g/mol. The lowest BCUT2D eigenvalue weighted by atomic mass is 10.2. The second-order valence-corrected chi connectivity index (χ2v) is 4.38. The van der Waals surface area contributed by atoms with Gasteiger partial charge in [-0.15, -0.1) is 0 Å². The Kier molecular flexibility index (Phi) is 4.47. The standard InChI is InChI=1S/C14H20N4/c1-3-18-11-13(10-17-18)12(2)15-9-7-14-6-4-5-8-16-14/h4-6,8,10-12,15H,3,7,9H2,1-2H3. The molecule has 4 heteroatoms. The largest absolute Gasteiger partial charge is 0.310 e. The van der Waals surface area contributed by atoms with Gasteiger partial charge in [-0.1, -0.05) is 6.07 Å². The molecule has 0 fully saturated rings. The van der Waals surface area contributed by atoms with E-state index in [2.05, 4.69) is 41.5 Å². The van der Waals surface area contributed by atoms with Crippen LogP contribution in [0.3, 0.4) is 0 Å².